The van der Waals surface area contributed by atoms with Gasteiger partial charge in [0.05, 0.1) is 11.4 Å². The summed E-state index contributed by atoms with van der Waals surface area (Å²) in [5.74, 6) is 0.584. The first-order valence-electron chi connectivity index (χ1n) is 11.2. The first kappa shape index (κ1) is 23.5. The maximum absolute atomic E-state index is 15.5. The van der Waals surface area contributed by atoms with Crippen molar-refractivity contribution in [2.24, 2.45) is 0 Å². The van der Waals surface area contributed by atoms with E-state index in [-0.39, 0.29) is 30.2 Å². The van der Waals surface area contributed by atoms with Gasteiger partial charge in [-0.1, -0.05) is 35.7 Å². The lowest BCUT2D eigenvalue weighted by Gasteiger charge is -2.51. The van der Waals surface area contributed by atoms with Gasteiger partial charge in [0.1, 0.15) is 17.0 Å². The van der Waals surface area contributed by atoms with Crippen molar-refractivity contribution < 1.29 is 18.8 Å². The normalized spacial score (nSPS) is 19.8. The van der Waals surface area contributed by atoms with Gasteiger partial charge in [0.15, 0.2) is 0 Å². The van der Waals surface area contributed by atoms with Crippen LogP contribution < -0.4 is 9.80 Å². The van der Waals surface area contributed by atoms with Crippen LogP contribution in [0.15, 0.2) is 60.9 Å². The summed E-state index contributed by atoms with van der Waals surface area (Å²) in [5.41, 5.74) is 0.412. The summed E-state index contributed by atoms with van der Waals surface area (Å²) in [7, 11) is 0. The molecule has 3 heterocycles. The predicted octanol–water partition coefficient (Wildman–Crippen LogP) is 4.49. The van der Waals surface area contributed by atoms with E-state index >= 15 is 4.39 Å². The summed E-state index contributed by atoms with van der Waals surface area (Å²) >= 11 is 6.45. The molecular weight excluding hydrogens is 483 g/mol. The van der Waals surface area contributed by atoms with E-state index in [1.807, 2.05) is 0 Å². The third-order valence-electron chi connectivity index (χ3n) is 6.62. The van der Waals surface area contributed by atoms with E-state index in [9.17, 15) is 14.4 Å². The molecule has 1 aromatic heterocycles. The number of nitrogens with zero attached hydrogens (tertiary/aromatic N) is 4. The number of piperazine rings is 1. The Hall–Kier alpha value is -4.22. The van der Waals surface area contributed by atoms with Gasteiger partial charge in [0.2, 0.25) is 5.91 Å². The van der Waals surface area contributed by atoms with Gasteiger partial charge in [-0.25, -0.2) is 14.1 Å². The van der Waals surface area contributed by atoms with Crippen LogP contribution in [0, 0.1) is 18.2 Å². The molecule has 0 spiro atoms. The number of hydrogen-bond acceptors (Lipinski definition) is 4. The molecule has 0 bridgehead atoms. The Morgan fingerprint density at radius 1 is 1.08 bits per heavy atom. The molecule has 0 unspecified atom stereocenters. The highest BCUT2D eigenvalue weighted by molar-refractivity contribution is 6.36. The smallest absolute Gasteiger partial charge is 0.308 e. The molecule has 3 aromatic rings. The van der Waals surface area contributed by atoms with Crippen molar-refractivity contribution in [2.45, 2.75) is 18.9 Å². The lowest BCUT2D eigenvalue weighted by atomic mass is 9.88. The number of pyridine rings is 1. The van der Waals surface area contributed by atoms with Crippen molar-refractivity contribution in [1.29, 1.82) is 0 Å². The second-order valence-electron chi connectivity index (χ2n) is 8.75. The van der Waals surface area contributed by atoms with Gasteiger partial charge in [0, 0.05) is 36.7 Å². The summed E-state index contributed by atoms with van der Waals surface area (Å²) in [5, 5.41) is -0.121. The van der Waals surface area contributed by atoms with Crippen molar-refractivity contribution in [2.75, 3.05) is 22.9 Å². The van der Waals surface area contributed by atoms with Gasteiger partial charge in [-0.15, -0.1) is 6.42 Å². The van der Waals surface area contributed by atoms with E-state index in [4.69, 9.17) is 18.0 Å². The quantitative estimate of drug-likeness (QED) is 0.495. The van der Waals surface area contributed by atoms with Crippen molar-refractivity contribution >= 4 is 40.8 Å². The Morgan fingerprint density at radius 3 is 2.50 bits per heavy atom. The molecule has 1 atom stereocenters. The molecule has 9 heteroatoms. The summed E-state index contributed by atoms with van der Waals surface area (Å²) in [6.07, 6.45) is 8.37. The number of benzene rings is 2. The fraction of sp³-hybridized carbons (Fsp3) is 0.185. The van der Waals surface area contributed by atoms with Crippen LogP contribution in [0.5, 0.6) is 0 Å². The Labute approximate surface area is 212 Å². The molecule has 180 valence electrons. The highest BCUT2D eigenvalue weighted by atomic mass is 35.5. The molecule has 0 saturated carbocycles. The van der Waals surface area contributed by atoms with Crippen LogP contribution >= 0.6 is 11.6 Å². The van der Waals surface area contributed by atoms with E-state index in [0.717, 1.165) is 4.90 Å². The van der Waals surface area contributed by atoms with Crippen molar-refractivity contribution in [3.63, 3.8) is 0 Å². The molecule has 2 aliphatic heterocycles. The standard InChI is InChI=1S/C27H20ClFN4O3/c1-3-17-6-4-5-7-20(17)18-14-21(28)24(22(29)15-18)33-23(34)16-27(2)25(35)31(12-13-32(27)26(33)36)19-8-10-30-11-9-19/h1,4-11,14-15H,12-13,16H2,2H3/t27-/m1/s1. The number of hydrogen-bond donors (Lipinski definition) is 0. The SMILES string of the molecule is C#Cc1ccccc1-c1cc(F)c(N2C(=O)C[C@]3(C)C(=O)N(c4ccncc4)CCN3C2=O)c(Cl)c1. The third kappa shape index (κ3) is 3.60. The van der Waals surface area contributed by atoms with E-state index in [0.29, 0.717) is 22.4 Å². The zero-order chi connectivity index (χ0) is 25.6. The maximum Gasteiger partial charge on any atom is 0.332 e. The van der Waals surface area contributed by atoms with Gasteiger partial charge < -0.3 is 9.80 Å². The fourth-order valence-corrected chi connectivity index (χ4v) is 5.11. The maximum atomic E-state index is 15.5. The number of imide groups is 1. The number of aromatic nitrogens is 1. The lowest BCUT2D eigenvalue weighted by Crippen LogP contribution is -2.72. The van der Waals surface area contributed by atoms with Crippen molar-refractivity contribution in [3.8, 4) is 23.5 Å². The van der Waals surface area contributed by atoms with Crippen LogP contribution in [-0.2, 0) is 9.59 Å². The number of urea groups is 1. The Bertz CT molecular complexity index is 1430. The summed E-state index contributed by atoms with van der Waals surface area (Å²) in [4.78, 5) is 47.7. The Morgan fingerprint density at radius 2 is 1.81 bits per heavy atom. The Balaban J connectivity index is 1.50. The van der Waals surface area contributed by atoms with Gasteiger partial charge in [-0.3, -0.25) is 14.6 Å². The second kappa shape index (κ2) is 8.77. The number of halogens is 2. The fourth-order valence-electron chi connectivity index (χ4n) is 4.82. The molecule has 0 aliphatic carbocycles. The zero-order valence-electron chi connectivity index (χ0n) is 19.2. The lowest BCUT2D eigenvalue weighted by molar-refractivity contribution is -0.137. The van der Waals surface area contributed by atoms with Gasteiger partial charge >= 0.3 is 6.03 Å². The minimum Gasteiger partial charge on any atom is -0.308 e. The molecular formula is C27H20ClFN4O3. The van der Waals surface area contributed by atoms with Crippen LogP contribution in [0.25, 0.3) is 11.1 Å². The molecule has 0 N–H and O–H groups in total. The number of carbonyl (C=O) groups excluding carboxylic acids is 3. The number of anilines is 2. The molecule has 4 amide bonds. The van der Waals surface area contributed by atoms with E-state index < -0.39 is 29.2 Å². The third-order valence-corrected chi connectivity index (χ3v) is 6.91. The average molecular weight is 503 g/mol. The average Bonchev–Trinajstić information content (AvgIpc) is 2.87. The zero-order valence-corrected chi connectivity index (χ0v) is 20.0. The molecule has 2 aliphatic rings. The number of carbonyl (C=O) groups is 3. The van der Waals surface area contributed by atoms with Crippen LogP contribution in [-0.4, -0.2) is 46.4 Å². The van der Waals surface area contributed by atoms with Crippen LogP contribution in [0.2, 0.25) is 5.02 Å². The van der Waals surface area contributed by atoms with E-state index in [1.165, 1.54) is 21.9 Å². The molecule has 2 aromatic carbocycles. The van der Waals surface area contributed by atoms with Crippen molar-refractivity contribution in [3.05, 3.63) is 77.3 Å². The summed E-state index contributed by atoms with van der Waals surface area (Å²) in [6.45, 7) is 1.91. The summed E-state index contributed by atoms with van der Waals surface area (Å²) < 4.78 is 15.5. The van der Waals surface area contributed by atoms with Crippen molar-refractivity contribution in [1.82, 2.24) is 9.88 Å². The minimum absolute atomic E-state index is 0.121. The van der Waals surface area contributed by atoms with Crippen LogP contribution in [0.4, 0.5) is 20.6 Å². The first-order chi connectivity index (χ1) is 17.3. The molecule has 7 nitrogen and oxygen atoms in total. The van der Waals surface area contributed by atoms with Gasteiger partial charge in [-0.2, -0.15) is 0 Å². The monoisotopic (exact) mass is 502 g/mol. The summed E-state index contributed by atoms with van der Waals surface area (Å²) in [6, 6.07) is 12.2. The highest BCUT2D eigenvalue weighted by Gasteiger charge is 2.55. The molecule has 36 heavy (non-hydrogen) atoms. The molecule has 2 saturated heterocycles. The van der Waals surface area contributed by atoms with Gasteiger partial charge in [-0.05, 0) is 48.4 Å². The number of terminal acetylenes is 1. The van der Waals surface area contributed by atoms with Gasteiger partial charge in [0.25, 0.3) is 5.91 Å². The topological polar surface area (TPSA) is 73.8 Å². The van der Waals surface area contributed by atoms with E-state index in [2.05, 4.69) is 10.9 Å². The number of fused-ring (bicyclic) bond motifs is 1. The predicted molar refractivity (Wildman–Crippen MR) is 134 cm³/mol. The van der Waals surface area contributed by atoms with Crippen LogP contribution in [0.3, 0.4) is 0 Å². The van der Waals surface area contributed by atoms with E-state index in [1.54, 1.807) is 55.7 Å². The largest absolute Gasteiger partial charge is 0.332 e. The first-order valence-corrected chi connectivity index (χ1v) is 11.6. The minimum atomic E-state index is -1.42. The molecule has 0 radical (unpaired) electrons. The number of rotatable bonds is 3. The number of amides is 4. The van der Waals surface area contributed by atoms with Crippen LogP contribution in [0.1, 0.15) is 18.9 Å². The molecule has 5 rings (SSSR count). The molecule has 2 fully saturated rings. The second-order valence-corrected chi connectivity index (χ2v) is 9.16. The Kier molecular flexibility index (Phi) is 5.73. The highest BCUT2D eigenvalue weighted by Crippen LogP contribution is 2.41.